The van der Waals surface area contributed by atoms with Crippen LogP contribution in [-0.2, 0) is 11.2 Å². The first-order valence-corrected chi connectivity index (χ1v) is 7.97. The summed E-state index contributed by atoms with van der Waals surface area (Å²) >= 11 is 0. The fraction of sp³-hybridized carbons (Fsp3) is 0.471. The minimum absolute atomic E-state index is 0.134. The second kappa shape index (κ2) is 7.26. The summed E-state index contributed by atoms with van der Waals surface area (Å²) in [5.41, 5.74) is 1.11. The summed E-state index contributed by atoms with van der Waals surface area (Å²) in [6.07, 6.45) is 7.75. The van der Waals surface area contributed by atoms with E-state index in [2.05, 4.69) is 10.1 Å². The lowest BCUT2D eigenvalue weighted by molar-refractivity contribution is -0.135. The van der Waals surface area contributed by atoms with Gasteiger partial charge in [0, 0.05) is 37.8 Å². The van der Waals surface area contributed by atoms with Gasteiger partial charge in [0.15, 0.2) is 0 Å². The molecule has 0 radical (unpaired) electrons. The topological polar surface area (TPSA) is 68.5 Å². The van der Waals surface area contributed by atoms with Crippen molar-refractivity contribution in [3.05, 3.63) is 41.9 Å². The fourth-order valence-electron chi connectivity index (χ4n) is 3.03. The largest absolute Gasteiger partial charge is 0.479 e. The Morgan fingerprint density at radius 1 is 1.48 bits per heavy atom. The normalized spacial score (nSPS) is 18.0. The molecule has 2 aromatic rings. The quantitative estimate of drug-likeness (QED) is 0.848. The zero-order valence-electron chi connectivity index (χ0n) is 13.3. The van der Waals surface area contributed by atoms with Crippen LogP contribution in [0.5, 0.6) is 5.88 Å². The Morgan fingerprint density at radius 3 is 3.13 bits per heavy atom. The molecule has 0 aliphatic carbocycles. The van der Waals surface area contributed by atoms with Crippen LogP contribution in [0.3, 0.4) is 0 Å². The van der Waals surface area contributed by atoms with Crippen molar-refractivity contribution in [3.63, 3.8) is 0 Å². The lowest BCUT2D eigenvalue weighted by atomic mass is 9.96. The molecular weight excluding hydrogens is 294 g/mol. The Bertz CT molecular complexity index is 642. The first-order chi connectivity index (χ1) is 11.3. The second-order valence-electron chi connectivity index (χ2n) is 5.72. The van der Waals surface area contributed by atoms with Gasteiger partial charge >= 0.3 is 0 Å². The minimum Gasteiger partial charge on any atom is -0.479 e. The number of likely N-dealkylation sites (tertiary alicyclic amines) is 1. The standard InChI is InChI=1S/C17H21N3O3/c1-22-16-11-14(23-19-16)7-8-17(21)20-10-3-2-6-15(20)13-5-4-9-18-12-13/h4-5,9,11-12,15H,2-3,6-8,10H2,1H3. The zero-order chi connectivity index (χ0) is 16.1. The number of ether oxygens (including phenoxy) is 1. The molecule has 0 aromatic carbocycles. The summed E-state index contributed by atoms with van der Waals surface area (Å²) in [6, 6.07) is 5.83. The average Bonchev–Trinajstić information content (AvgIpc) is 3.08. The van der Waals surface area contributed by atoms with Gasteiger partial charge < -0.3 is 14.2 Å². The summed E-state index contributed by atoms with van der Waals surface area (Å²) < 4.78 is 10.1. The highest BCUT2D eigenvalue weighted by molar-refractivity contribution is 5.77. The number of methoxy groups -OCH3 is 1. The van der Waals surface area contributed by atoms with Crippen LogP contribution in [-0.4, -0.2) is 34.6 Å². The van der Waals surface area contributed by atoms with Crippen LogP contribution in [0.4, 0.5) is 0 Å². The van der Waals surface area contributed by atoms with Crippen molar-refractivity contribution in [3.8, 4) is 5.88 Å². The molecule has 0 N–H and O–H groups in total. The van der Waals surface area contributed by atoms with Crippen LogP contribution in [0.2, 0.25) is 0 Å². The number of aryl methyl sites for hydroxylation is 1. The summed E-state index contributed by atoms with van der Waals surface area (Å²) in [6.45, 7) is 0.804. The molecule has 1 saturated heterocycles. The van der Waals surface area contributed by atoms with Gasteiger partial charge in [0.25, 0.3) is 5.88 Å². The first-order valence-electron chi connectivity index (χ1n) is 7.97. The number of aromatic nitrogens is 2. The number of amides is 1. The summed E-state index contributed by atoms with van der Waals surface area (Å²) in [5, 5.41) is 3.76. The Labute approximate surface area is 135 Å². The van der Waals surface area contributed by atoms with Crippen molar-refractivity contribution in [2.45, 2.75) is 38.1 Å². The van der Waals surface area contributed by atoms with Gasteiger partial charge in [0.1, 0.15) is 5.76 Å². The predicted octanol–water partition coefficient (Wildman–Crippen LogP) is 2.76. The monoisotopic (exact) mass is 315 g/mol. The SMILES string of the molecule is COc1cc(CCC(=O)N2CCCCC2c2cccnc2)on1. The van der Waals surface area contributed by atoms with Crippen LogP contribution in [0.15, 0.2) is 35.1 Å². The van der Waals surface area contributed by atoms with E-state index in [1.807, 2.05) is 23.2 Å². The van der Waals surface area contributed by atoms with Crippen LogP contribution in [0.1, 0.15) is 43.0 Å². The molecule has 1 aliphatic heterocycles. The van der Waals surface area contributed by atoms with Crippen molar-refractivity contribution < 1.29 is 14.1 Å². The maximum absolute atomic E-state index is 12.6. The van der Waals surface area contributed by atoms with E-state index in [0.29, 0.717) is 24.5 Å². The van der Waals surface area contributed by atoms with Gasteiger partial charge in [-0.3, -0.25) is 9.78 Å². The Morgan fingerprint density at radius 2 is 2.39 bits per heavy atom. The molecule has 122 valence electrons. The van der Waals surface area contributed by atoms with Crippen molar-refractivity contribution in [1.82, 2.24) is 15.0 Å². The van der Waals surface area contributed by atoms with Crippen LogP contribution >= 0.6 is 0 Å². The summed E-state index contributed by atoms with van der Waals surface area (Å²) in [5.74, 6) is 1.26. The highest BCUT2D eigenvalue weighted by Gasteiger charge is 2.27. The van der Waals surface area contributed by atoms with Gasteiger partial charge in [-0.15, -0.1) is 0 Å². The van der Waals surface area contributed by atoms with E-state index in [1.165, 1.54) is 0 Å². The van der Waals surface area contributed by atoms with Gasteiger partial charge in [0.2, 0.25) is 5.91 Å². The lowest BCUT2D eigenvalue weighted by Crippen LogP contribution is -2.38. The highest BCUT2D eigenvalue weighted by Crippen LogP contribution is 2.31. The van der Waals surface area contributed by atoms with E-state index >= 15 is 0 Å². The number of carbonyl (C=O) groups is 1. The van der Waals surface area contributed by atoms with Crippen molar-refractivity contribution in [1.29, 1.82) is 0 Å². The third-order valence-electron chi connectivity index (χ3n) is 4.22. The number of hydrogen-bond acceptors (Lipinski definition) is 5. The highest BCUT2D eigenvalue weighted by atomic mass is 16.5. The molecule has 1 aliphatic rings. The first kappa shape index (κ1) is 15.5. The van der Waals surface area contributed by atoms with Gasteiger partial charge in [-0.1, -0.05) is 6.07 Å². The van der Waals surface area contributed by atoms with Gasteiger partial charge in [-0.2, -0.15) is 0 Å². The van der Waals surface area contributed by atoms with E-state index in [4.69, 9.17) is 9.26 Å². The maximum atomic E-state index is 12.6. The molecule has 1 unspecified atom stereocenters. The smallest absolute Gasteiger partial charge is 0.254 e. The molecule has 3 rings (SSSR count). The Balaban J connectivity index is 1.64. The molecular formula is C17H21N3O3. The molecule has 2 aromatic heterocycles. The number of nitrogens with zero attached hydrogens (tertiary/aromatic N) is 3. The number of rotatable bonds is 5. The molecule has 1 atom stereocenters. The van der Waals surface area contributed by atoms with Crippen molar-refractivity contribution in [2.75, 3.05) is 13.7 Å². The van der Waals surface area contributed by atoms with Gasteiger partial charge in [-0.05, 0) is 36.0 Å². The molecule has 1 fully saturated rings. The van der Waals surface area contributed by atoms with Crippen molar-refractivity contribution in [2.24, 2.45) is 0 Å². The van der Waals surface area contributed by atoms with E-state index in [1.54, 1.807) is 19.4 Å². The Kier molecular flexibility index (Phi) is 4.90. The van der Waals surface area contributed by atoms with Crippen LogP contribution in [0.25, 0.3) is 0 Å². The van der Waals surface area contributed by atoms with E-state index in [9.17, 15) is 4.79 Å². The predicted molar refractivity (Wildman–Crippen MR) is 83.9 cm³/mol. The third-order valence-corrected chi connectivity index (χ3v) is 4.22. The lowest BCUT2D eigenvalue weighted by Gasteiger charge is -2.36. The van der Waals surface area contributed by atoms with Gasteiger partial charge in [-0.25, -0.2) is 0 Å². The average molecular weight is 315 g/mol. The molecule has 0 bridgehead atoms. The third kappa shape index (κ3) is 3.70. The minimum atomic E-state index is 0.134. The fourth-order valence-corrected chi connectivity index (χ4v) is 3.03. The van der Waals surface area contributed by atoms with Crippen molar-refractivity contribution >= 4 is 5.91 Å². The number of hydrogen-bond donors (Lipinski definition) is 0. The molecule has 0 saturated carbocycles. The molecule has 6 nitrogen and oxygen atoms in total. The van der Waals surface area contributed by atoms with Crippen LogP contribution < -0.4 is 4.74 Å². The van der Waals surface area contributed by atoms with Gasteiger partial charge in [0.05, 0.1) is 13.2 Å². The van der Waals surface area contributed by atoms with E-state index < -0.39 is 0 Å². The number of piperidine rings is 1. The maximum Gasteiger partial charge on any atom is 0.254 e. The summed E-state index contributed by atoms with van der Waals surface area (Å²) in [7, 11) is 1.54. The van der Waals surface area contributed by atoms with E-state index in [-0.39, 0.29) is 11.9 Å². The zero-order valence-corrected chi connectivity index (χ0v) is 13.3. The second-order valence-corrected chi connectivity index (χ2v) is 5.72. The molecule has 3 heterocycles. The summed E-state index contributed by atoms with van der Waals surface area (Å²) in [4.78, 5) is 18.8. The van der Waals surface area contributed by atoms with Crippen LogP contribution in [0, 0.1) is 0 Å². The molecule has 0 spiro atoms. The Hall–Kier alpha value is -2.37. The number of carbonyl (C=O) groups excluding carboxylic acids is 1. The molecule has 6 heteroatoms. The number of pyridine rings is 1. The molecule has 23 heavy (non-hydrogen) atoms. The van der Waals surface area contributed by atoms with E-state index in [0.717, 1.165) is 31.4 Å². The molecule has 1 amide bonds.